The van der Waals surface area contributed by atoms with Crippen molar-refractivity contribution in [3.63, 3.8) is 0 Å². The Morgan fingerprint density at radius 3 is 2.28 bits per heavy atom. The molecule has 0 aliphatic rings. The quantitative estimate of drug-likeness (QED) is 0.854. The highest BCUT2D eigenvalue weighted by Gasteiger charge is 2.23. The zero-order valence-corrected chi connectivity index (χ0v) is 12.1. The highest BCUT2D eigenvalue weighted by atomic mass is 32.2. The highest BCUT2D eigenvalue weighted by Crippen LogP contribution is 2.17. The van der Waals surface area contributed by atoms with Crippen LogP contribution in [0.3, 0.4) is 0 Å². The van der Waals surface area contributed by atoms with Crippen molar-refractivity contribution in [1.29, 1.82) is 0 Å². The van der Waals surface area contributed by atoms with E-state index in [0.29, 0.717) is 24.5 Å². The van der Waals surface area contributed by atoms with Crippen LogP contribution in [0.1, 0.15) is 19.4 Å². The molecule has 1 aromatic rings. The summed E-state index contributed by atoms with van der Waals surface area (Å²) in [6.07, 6.45) is 0. The summed E-state index contributed by atoms with van der Waals surface area (Å²) in [5.41, 5.74) is 6.60. The van der Waals surface area contributed by atoms with Crippen LogP contribution in [0.4, 0.5) is 0 Å². The van der Waals surface area contributed by atoms with Crippen LogP contribution in [0.2, 0.25) is 0 Å². The summed E-state index contributed by atoms with van der Waals surface area (Å²) in [6, 6.07) is 6.93. The van der Waals surface area contributed by atoms with E-state index in [0.717, 1.165) is 5.56 Å². The lowest BCUT2D eigenvalue weighted by molar-refractivity contribution is 0.371. The molecular weight excluding hydrogens is 248 g/mol. The first kappa shape index (κ1) is 15.1. The highest BCUT2D eigenvalue weighted by molar-refractivity contribution is 7.89. The Bertz CT molecular complexity index is 468. The Kier molecular flexibility index (Phi) is 5.31. The SMILES string of the molecule is CCN(CC(C)CN)S(=O)(=O)c1ccc(C)cc1. The molecule has 1 unspecified atom stereocenters. The summed E-state index contributed by atoms with van der Waals surface area (Å²) in [7, 11) is -3.40. The van der Waals surface area contributed by atoms with E-state index in [1.807, 2.05) is 32.9 Å². The molecule has 0 bridgehead atoms. The molecule has 0 saturated carbocycles. The van der Waals surface area contributed by atoms with E-state index in [1.165, 1.54) is 4.31 Å². The average molecular weight is 270 g/mol. The minimum atomic E-state index is -3.40. The van der Waals surface area contributed by atoms with Crippen molar-refractivity contribution in [1.82, 2.24) is 4.31 Å². The van der Waals surface area contributed by atoms with Crippen molar-refractivity contribution in [2.75, 3.05) is 19.6 Å². The molecule has 1 aromatic carbocycles. The lowest BCUT2D eigenvalue weighted by atomic mass is 10.2. The van der Waals surface area contributed by atoms with Crippen molar-refractivity contribution in [2.24, 2.45) is 11.7 Å². The van der Waals surface area contributed by atoms with Gasteiger partial charge in [-0.05, 0) is 31.5 Å². The van der Waals surface area contributed by atoms with Crippen LogP contribution in [0.15, 0.2) is 29.2 Å². The van der Waals surface area contributed by atoms with E-state index < -0.39 is 10.0 Å². The number of nitrogens with zero attached hydrogens (tertiary/aromatic N) is 1. The van der Waals surface area contributed by atoms with Crippen LogP contribution in [-0.4, -0.2) is 32.4 Å². The first-order valence-corrected chi connectivity index (χ1v) is 7.62. The molecule has 0 fully saturated rings. The molecule has 4 nitrogen and oxygen atoms in total. The molecule has 1 rings (SSSR count). The predicted octanol–water partition coefficient (Wildman–Crippen LogP) is 1.60. The fraction of sp³-hybridized carbons (Fsp3) is 0.538. The van der Waals surface area contributed by atoms with Gasteiger partial charge in [0, 0.05) is 13.1 Å². The number of benzene rings is 1. The maximum absolute atomic E-state index is 12.4. The molecule has 0 aliphatic carbocycles. The van der Waals surface area contributed by atoms with E-state index in [4.69, 9.17) is 5.73 Å². The third-order valence-electron chi connectivity index (χ3n) is 2.93. The van der Waals surface area contributed by atoms with Crippen molar-refractivity contribution in [3.05, 3.63) is 29.8 Å². The number of nitrogens with two attached hydrogens (primary N) is 1. The van der Waals surface area contributed by atoms with Crippen molar-refractivity contribution in [3.8, 4) is 0 Å². The molecule has 0 spiro atoms. The van der Waals surface area contributed by atoms with Gasteiger partial charge in [0.05, 0.1) is 4.90 Å². The third kappa shape index (κ3) is 3.54. The molecule has 0 amide bonds. The van der Waals surface area contributed by atoms with Crippen molar-refractivity contribution < 1.29 is 8.42 Å². The maximum Gasteiger partial charge on any atom is 0.243 e. The predicted molar refractivity (Wildman–Crippen MR) is 73.8 cm³/mol. The number of aryl methyl sites for hydroxylation is 1. The second kappa shape index (κ2) is 6.31. The summed E-state index contributed by atoms with van der Waals surface area (Å²) >= 11 is 0. The van der Waals surface area contributed by atoms with Gasteiger partial charge in [0.25, 0.3) is 0 Å². The van der Waals surface area contributed by atoms with Gasteiger partial charge < -0.3 is 5.73 Å². The van der Waals surface area contributed by atoms with Gasteiger partial charge in [-0.2, -0.15) is 4.31 Å². The molecule has 5 heteroatoms. The molecule has 1 atom stereocenters. The zero-order chi connectivity index (χ0) is 13.8. The second-order valence-corrected chi connectivity index (χ2v) is 6.55. The van der Waals surface area contributed by atoms with Gasteiger partial charge in [-0.3, -0.25) is 0 Å². The summed E-state index contributed by atoms with van der Waals surface area (Å²) < 4.78 is 26.3. The van der Waals surface area contributed by atoms with Gasteiger partial charge in [-0.25, -0.2) is 8.42 Å². The van der Waals surface area contributed by atoms with Gasteiger partial charge in [-0.15, -0.1) is 0 Å². The van der Waals surface area contributed by atoms with Crippen LogP contribution in [0.5, 0.6) is 0 Å². The fourth-order valence-electron chi connectivity index (χ4n) is 1.68. The molecule has 0 radical (unpaired) electrons. The Morgan fingerprint density at radius 2 is 1.83 bits per heavy atom. The average Bonchev–Trinajstić information content (AvgIpc) is 2.35. The lowest BCUT2D eigenvalue weighted by Crippen LogP contribution is -2.36. The first-order chi connectivity index (χ1) is 8.41. The Labute approximate surface area is 110 Å². The van der Waals surface area contributed by atoms with Gasteiger partial charge >= 0.3 is 0 Å². The third-order valence-corrected chi connectivity index (χ3v) is 4.88. The number of sulfonamides is 1. The normalized spacial score (nSPS) is 13.8. The first-order valence-electron chi connectivity index (χ1n) is 6.18. The van der Waals surface area contributed by atoms with E-state index in [1.54, 1.807) is 12.1 Å². The number of hydrogen-bond donors (Lipinski definition) is 1. The van der Waals surface area contributed by atoms with Crippen LogP contribution < -0.4 is 5.73 Å². The van der Waals surface area contributed by atoms with Crippen LogP contribution in [-0.2, 0) is 10.0 Å². The van der Waals surface area contributed by atoms with Gasteiger partial charge in [-0.1, -0.05) is 31.5 Å². The van der Waals surface area contributed by atoms with E-state index in [-0.39, 0.29) is 5.92 Å². The molecule has 18 heavy (non-hydrogen) atoms. The Morgan fingerprint density at radius 1 is 1.28 bits per heavy atom. The summed E-state index contributed by atoms with van der Waals surface area (Å²) in [5, 5.41) is 0. The summed E-state index contributed by atoms with van der Waals surface area (Å²) in [4.78, 5) is 0.346. The van der Waals surface area contributed by atoms with Crippen LogP contribution >= 0.6 is 0 Å². The molecule has 0 heterocycles. The summed E-state index contributed by atoms with van der Waals surface area (Å²) in [5.74, 6) is 0.158. The number of hydrogen-bond acceptors (Lipinski definition) is 3. The van der Waals surface area contributed by atoms with Gasteiger partial charge in [0.1, 0.15) is 0 Å². The van der Waals surface area contributed by atoms with Crippen molar-refractivity contribution >= 4 is 10.0 Å². The molecule has 0 aliphatic heterocycles. The molecule has 0 saturated heterocycles. The minimum Gasteiger partial charge on any atom is -0.330 e. The van der Waals surface area contributed by atoms with Crippen molar-refractivity contribution in [2.45, 2.75) is 25.7 Å². The number of rotatable bonds is 6. The second-order valence-electron chi connectivity index (χ2n) is 4.61. The standard InChI is InChI=1S/C13H22N2O2S/c1-4-15(10-12(3)9-14)18(16,17)13-7-5-11(2)6-8-13/h5-8,12H,4,9-10,14H2,1-3H3. The van der Waals surface area contributed by atoms with E-state index in [9.17, 15) is 8.42 Å². The van der Waals surface area contributed by atoms with E-state index >= 15 is 0 Å². The lowest BCUT2D eigenvalue weighted by Gasteiger charge is -2.23. The Balaban J connectivity index is 2.99. The van der Waals surface area contributed by atoms with Gasteiger partial charge in [0.2, 0.25) is 10.0 Å². The largest absolute Gasteiger partial charge is 0.330 e. The Hall–Kier alpha value is -0.910. The molecule has 0 aromatic heterocycles. The van der Waals surface area contributed by atoms with Crippen LogP contribution in [0, 0.1) is 12.8 Å². The molecule has 102 valence electrons. The van der Waals surface area contributed by atoms with Crippen LogP contribution in [0.25, 0.3) is 0 Å². The molecular formula is C13H22N2O2S. The summed E-state index contributed by atoms with van der Waals surface area (Å²) in [6.45, 7) is 7.14. The monoisotopic (exact) mass is 270 g/mol. The zero-order valence-electron chi connectivity index (χ0n) is 11.3. The van der Waals surface area contributed by atoms with E-state index in [2.05, 4.69) is 0 Å². The minimum absolute atomic E-state index is 0.158. The topological polar surface area (TPSA) is 63.4 Å². The smallest absolute Gasteiger partial charge is 0.243 e. The molecule has 2 N–H and O–H groups in total. The van der Waals surface area contributed by atoms with Gasteiger partial charge in [0.15, 0.2) is 0 Å². The fourth-order valence-corrected chi connectivity index (χ4v) is 3.25. The maximum atomic E-state index is 12.4.